The number of carboxylic acid groups (broad SMARTS) is 1. The van der Waals surface area contributed by atoms with E-state index in [9.17, 15) is 13.6 Å². The van der Waals surface area contributed by atoms with Gasteiger partial charge in [0.2, 0.25) is 5.88 Å². The highest BCUT2D eigenvalue weighted by Gasteiger charge is 2.25. The van der Waals surface area contributed by atoms with Crippen molar-refractivity contribution in [2.75, 3.05) is 7.11 Å². The first-order valence-electron chi connectivity index (χ1n) is 4.01. The Balaban J connectivity index is 3.58. The van der Waals surface area contributed by atoms with Crippen LogP contribution in [-0.4, -0.2) is 23.2 Å². The summed E-state index contributed by atoms with van der Waals surface area (Å²) in [5.41, 5.74) is -2.00. The summed E-state index contributed by atoms with van der Waals surface area (Å²) in [6.45, 7) is 0. The molecule has 0 aliphatic heterocycles. The molecule has 84 valence electrons. The minimum Gasteiger partial charge on any atom is -0.480 e. The molecular formula is C9H6F2N2O3. The molecule has 1 aromatic rings. The van der Waals surface area contributed by atoms with Gasteiger partial charge in [-0.3, -0.25) is 0 Å². The fourth-order valence-electron chi connectivity index (χ4n) is 1.15. The molecule has 0 amide bonds. The Morgan fingerprint density at radius 2 is 2.31 bits per heavy atom. The quantitative estimate of drug-likeness (QED) is 0.849. The second-order valence-corrected chi connectivity index (χ2v) is 2.69. The van der Waals surface area contributed by atoms with Crippen molar-refractivity contribution in [1.82, 2.24) is 4.98 Å². The summed E-state index contributed by atoms with van der Waals surface area (Å²) in [4.78, 5) is 14.2. The average molecular weight is 228 g/mol. The zero-order valence-corrected chi connectivity index (χ0v) is 8.07. The molecule has 0 saturated carbocycles. The summed E-state index contributed by atoms with van der Waals surface area (Å²) in [5.74, 6) is -1.91. The van der Waals surface area contributed by atoms with Crippen LogP contribution in [0.15, 0.2) is 6.20 Å². The number of aromatic nitrogens is 1. The van der Waals surface area contributed by atoms with Crippen LogP contribution in [0, 0.1) is 11.3 Å². The SMILES string of the molecule is COc1ncc(C(F)F)c(C#N)c1C(=O)O. The number of nitrogens with zero attached hydrogens (tertiary/aromatic N) is 2. The van der Waals surface area contributed by atoms with Gasteiger partial charge in [-0.05, 0) is 0 Å². The lowest BCUT2D eigenvalue weighted by Crippen LogP contribution is -2.08. The molecule has 0 aromatic carbocycles. The molecule has 0 unspecified atom stereocenters. The molecule has 1 N–H and O–H groups in total. The summed E-state index contributed by atoms with van der Waals surface area (Å²) in [6, 6.07) is 1.42. The van der Waals surface area contributed by atoms with E-state index in [1.54, 1.807) is 0 Å². The van der Waals surface area contributed by atoms with Gasteiger partial charge >= 0.3 is 5.97 Å². The number of alkyl halides is 2. The summed E-state index contributed by atoms with van der Waals surface area (Å²) in [5, 5.41) is 17.5. The van der Waals surface area contributed by atoms with E-state index in [4.69, 9.17) is 10.4 Å². The molecule has 1 rings (SSSR count). The van der Waals surface area contributed by atoms with E-state index >= 15 is 0 Å². The normalized spacial score (nSPS) is 9.94. The maximum absolute atomic E-state index is 12.5. The first kappa shape index (κ1) is 11.8. The molecule has 0 atom stereocenters. The van der Waals surface area contributed by atoms with Crippen LogP contribution in [0.2, 0.25) is 0 Å². The summed E-state index contributed by atoms with van der Waals surface area (Å²) in [7, 11) is 1.14. The van der Waals surface area contributed by atoms with Crippen molar-refractivity contribution in [1.29, 1.82) is 5.26 Å². The molecule has 0 bridgehead atoms. The Morgan fingerprint density at radius 3 is 2.69 bits per heavy atom. The first-order chi connectivity index (χ1) is 7.52. The van der Waals surface area contributed by atoms with E-state index in [0.29, 0.717) is 0 Å². The number of hydrogen-bond acceptors (Lipinski definition) is 4. The highest BCUT2D eigenvalue weighted by atomic mass is 19.3. The minimum absolute atomic E-state index is 0.367. The van der Waals surface area contributed by atoms with Gasteiger partial charge in [0.15, 0.2) is 0 Å². The van der Waals surface area contributed by atoms with E-state index in [-0.39, 0.29) is 5.88 Å². The van der Waals surface area contributed by atoms with Gasteiger partial charge in [-0.25, -0.2) is 18.6 Å². The van der Waals surface area contributed by atoms with Crippen LogP contribution in [0.25, 0.3) is 0 Å². The van der Waals surface area contributed by atoms with Gasteiger partial charge < -0.3 is 9.84 Å². The topological polar surface area (TPSA) is 83.2 Å². The molecule has 1 aromatic heterocycles. The van der Waals surface area contributed by atoms with Crippen LogP contribution in [-0.2, 0) is 0 Å². The third-order valence-electron chi connectivity index (χ3n) is 1.83. The third kappa shape index (κ3) is 1.91. The Hall–Kier alpha value is -2.23. The molecule has 5 nitrogen and oxygen atoms in total. The lowest BCUT2D eigenvalue weighted by atomic mass is 10.1. The Morgan fingerprint density at radius 1 is 1.69 bits per heavy atom. The zero-order chi connectivity index (χ0) is 12.3. The van der Waals surface area contributed by atoms with Crippen molar-refractivity contribution < 1.29 is 23.4 Å². The smallest absolute Gasteiger partial charge is 0.342 e. The Labute approximate surface area is 88.9 Å². The summed E-state index contributed by atoms with van der Waals surface area (Å²) >= 11 is 0. The Kier molecular flexibility index (Phi) is 3.35. The second-order valence-electron chi connectivity index (χ2n) is 2.69. The number of hydrogen-bond donors (Lipinski definition) is 1. The number of carboxylic acids is 1. The largest absolute Gasteiger partial charge is 0.480 e. The number of carbonyl (C=O) groups is 1. The molecule has 16 heavy (non-hydrogen) atoms. The number of ether oxygens (including phenoxy) is 1. The minimum atomic E-state index is -2.97. The standard InChI is InChI=1S/C9H6F2N2O3/c1-16-8-6(9(14)15)4(2-12)5(3-13-8)7(10)11/h3,7H,1H3,(H,14,15). The van der Waals surface area contributed by atoms with Crippen LogP contribution >= 0.6 is 0 Å². The van der Waals surface area contributed by atoms with Crippen LogP contribution in [0.5, 0.6) is 5.88 Å². The predicted molar refractivity (Wildman–Crippen MR) is 47.4 cm³/mol. The average Bonchev–Trinajstić information content (AvgIpc) is 2.26. The molecule has 0 saturated heterocycles. The number of aromatic carboxylic acids is 1. The number of rotatable bonds is 3. The van der Waals surface area contributed by atoms with Gasteiger partial charge in [0, 0.05) is 6.20 Å². The summed E-state index contributed by atoms with van der Waals surface area (Å²) < 4.78 is 29.5. The zero-order valence-electron chi connectivity index (χ0n) is 8.07. The molecule has 0 fully saturated rings. The number of methoxy groups -OCH3 is 1. The van der Waals surface area contributed by atoms with Crippen LogP contribution in [0.4, 0.5) is 8.78 Å². The van der Waals surface area contributed by atoms with Gasteiger partial charge in [0.05, 0.1) is 18.2 Å². The number of halogens is 2. The van der Waals surface area contributed by atoms with E-state index in [2.05, 4.69) is 9.72 Å². The van der Waals surface area contributed by atoms with Gasteiger partial charge in [0.1, 0.15) is 11.6 Å². The second kappa shape index (κ2) is 4.53. The van der Waals surface area contributed by atoms with Crippen LogP contribution < -0.4 is 4.74 Å². The van der Waals surface area contributed by atoms with E-state index < -0.39 is 29.1 Å². The molecule has 1 heterocycles. The number of nitriles is 1. The van der Waals surface area contributed by atoms with E-state index in [0.717, 1.165) is 13.3 Å². The van der Waals surface area contributed by atoms with Crippen molar-refractivity contribution >= 4 is 5.97 Å². The van der Waals surface area contributed by atoms with Crippen molar-refractivity contribution in [2.24, 2.45) is 0 Å². The van der Waals surface area contributed by atoms with Crippen molar-refractivity contribution in [2.45, 2.75) is 6.43 Å². The van der Waals surface area contributed by atoms with Crippen molar-refractivity contribution in [3.05, 3.63) is 22.9 Å². The molecule has 0 aliphatic carbocycles. The van der Waals surface area contributed by atoms with Crippen molar-refractivity contribution in [3.63, 3.8) is 0 Å². The molecule has 0 spiro atoms. The maximum Gasteiger partial charge on any atom is 0.342 e. The monoisotopic (exact) mass is 228 g/mol. The molecular weight excluding hydrogens is 222 g/mol. The Bertz CT molecular complexity index is 469. The highest BCUT2D eigenvalue weighted by Crippen LogP contribution is 2.28. The molecule has 7 heteroatoms. The van der Waals surface area contributed by atoms with Gasteiger partial charge in [-0.2, -0.15) is 5.26 Å². The lowest BCUT2D eigenvalue weighted by molar-refractivity contribution is 0.0691. The number of pyridine rings is 1. The van der Waals surface area contributed by atoms with Crippen LogP contribution in [0.1, 0.15) is 27.9 Å². The summed E-state index contributed by atoms with van der Waals surface area (Å²) in [6.07, 6.45) is -2.24. The maximum atomic E-state index is 12.5. The highest BCUT2D eigenvalue weighted by molar-refractivity contribution is 5.93. The molecule has 0 aliphatic rings. The molecule has 0 radical (unpaired) electrons. The predicted octanol–water partition coefficient (Wildman–Crippen LogP) is 1.60. The van der Waals surface area contributed by atoms with Gasteiger partial charge in [-0.1, -0.05) is 0 Å². The van der Waals surface area contributed by atoms with Crippen LogP contribution in [0.3, 0.4) is 0 Å². The van der Waals surface area contributed by atoms with Crippen molar-refractivity contribution in [3.8, 4) is 11.9 Å². The van der Waals surface area contributed by atoms with Gasteiger partial charge in [-0.15, -0.1) is 0 Å². The fraction of sp³-hybridized carbons (Fsp3) is 0.222. The van der Waals surface area contributed by atoms with E-state index in [1.165, 1.54) is 6.07 Å². The lowest BCUT2D eigenvalue weighted by Gasteiger charge is -2.08. The fourth-order valence-corrected chi connectivity index (χ4v) is 1.15. The third-order valence-corrected chi connectivity index (χ3v) is 1.83. The van der Waals surface area contributed by atoms with E-state index in [1.807, 2.05) is 0 Å². The first-order valence-corrected chi connectivity index (χ1v) is 4.01. The van der Waals surface area contributed by atoms with Gasteiger partial charge in [0.25, 0.3) is 6.43 Å².